The van der Waals surface area contributed by atoms with Crippen molar-refractivity contribution in [3.63, 3.8) is 0 Å². The highest BCUT2D eigenvalue weighted by Gasteiger charge is 2.19. The molecular weight excluding hydrogens is 324 g/mol. The summed E-state index contributed by atoms with van der Waals surface area (Å²) in [4.78, 5) is 22.7. The highest BCUT2D eigenvalue weighted by molar-refractivity contribution is 5.38. The van der Waals surface area contributed by atoms with E-state index in [1.165, 1.54) is 24.3 Å². The van der Waals surface area contributed by atoms with Gasteiger partial charge in [0.25, 0.3) is 11.2 Å². The summed E-state index contributed by atoms with van der Waals surface area (Å²) in [6.07, 6.45) is -0.0954. The van der Waals surface area contributed by atoms with Gasteiger partial charge in [-0.05, 0) is 24.0 Å². The minimum atomic E-state index is -1.16. The molecule has 1 aromatic carbocycles. The number of hydrogen-bond donors (Lipinski definition) is 1. The third-order valence-corrected chi connectivity index (χ3v) is 3.95. The van der Waals surface area contributed by atoms with E-state index in [9.17, 15) is 25.3 Å². The van der Waals surface area contributed by atoms with Crippen LogP contribution < -0.4 is 5.56 Å². The predicted octanol–water partition coefficient (Wildman–Crippen LogP) is 1.88. The lowest BCUT2D eigenvalue weighted by molar-refractivity contribution is -0.385. The van der Waals surface area contributed by atoms with Crippen molar-refractivity contribution in [3.05, 3.63) is 67.1 Å². The van der Waals surface area contributed by atoms with Gasteiger partial charge in [0.1, 0.15) is 11.6 Å². The zero-order valence-electron chi connectivity index (χ0n) is 14.0. The molecule has 8 nitrogen and oxygen atoms in total. The van der Waals surface area contributed by atoms with Gasteiger partial charge in [-0.25, -0.2) is 4.68 Å². The highest BCUT2D eigenvalue weighted by atomic mass is 16.6. The summed E-state index contributed by atoms with van der Waals surface area (Å²) in [6.45, 7) is 3.53. The molecule has 130 valence electrons. The Morgan fingerprint density at radius 2 is 2.12 bits per heavy atom. The molecule has 1 heterocycles. The van der Waals surface area contributed by atoms with Crippen molar-refractivity contribution in [1.29, 1.82) is 5.26 Å². The second-order valence-electron chi connectivity index (χ2n) is 5.47. The number of non-ortho nitro benzene ring substituents is 1. The van der Waals surface area contributed by atoms with Gasteiger partial charge in [-0.2, -0.15) is 10.4 Å². The van der Waals surface area contributed by atoms with Gasteiger partial charge in [-0.3, -0.25) is 14.9 Å². The number of nitro groups is 1. The Kier molecular flexibility index (Phi) is 5.62. The van der Waals surface area contributed by atoms with Gasteiger partial charge in [0.05, 0.1) is 23.3 Å². The monoisotopic (exact) mass is 342 g/mol. The van der Waals surface area contributed by atoms with Crippen LogP contribution in [0, 0.1) is 21.4 Å². The van der Waals surface area contributed by atoms with E-state index in [2.05, 4.69) is 5.10 Å². The molecule has 2 aromatic rings. The number of aromatic nitrogens is 2. The first-order valence-corrected chi connectivity index (χ1v) is 7.88. The van der Waals surface area contributed by atoms with Crippen molar-refractivity contribution in [2.75, 3.05) is 0 Å². The Hall–Kier alpha value is -3.05. The van der Waals surface area contributed by atoms with Crippen molar-refractivity contribution in [2.45, 2.75) is 39.3 Å². The quantitative estimate of drug-likeness (QED) is 0.632. The number of aryl methyl sites for hydroxylation is 1. The molecule has 0 spiro atoms. The van der Waals surface area contributed by atoms with E-state index >= 15 is 0 Å². The maximum Gasteiger partial charge on any atom is 0.285 e. The number of aliphatic hydroxyl groups excluding tert-OH is 1. The van der Waals surface area contributed by atoms with Gasteiger partial charge < -0.3 is 5.11 Å². The number of benzene rings is 1. The maximum atomic E-state index is 12.4. The number of nitrogens with zero attached hydrogens (tertiary/aromatic N) is 4. The van der Waals surface area contributed by atoms with E-state index in [1.807, 2.05) is 19.9 Å². The smallest absolute Gasteiger partial charge is 0.285 e. The van der Waals surface area contributed by atoms with Crippen LogP contribution in [-0.4, -0.2) is 19.8 Å². The van der Waals surface area contributed by atoms with Crippen LogP contribution >= 0.6 is 0 Å². The molecule has 0 aliphatic heterocycles. The van der Waals surface area contributed by atoms with Crippen LogP contribution in [0.3, 0.4) is 0 Å². The minimum absolute atomic E-state index is 0.0283. The molecule has 25 heavy (non-hydrogen) atoms. The van der Waals surface area contributed by atoms with Crippen LogP contribution in [0.4, 0.5) is 5.69 Å². The van der Waals surface area contributed by atoms with Crippen LogP contribution in [-0.2, 0) is 19.4 Å². The Morgan fingerprint density at radius 1 is 1.40 bits per heavy atom. The van der Waals surface area contributed by atoms with Crippen molar-refractivity contribution < 1.29 is 10.0 Å². The van der Waals surface area contributed by atoms with Crippen LogP contribution in [0.15, 0.2) is 29.1 Å². The summed E-state index contributed by atoms with van der Waals surface area (Å²) in [7, 11) is 0. The van der Waals surface area contributed by atoms with Crippen molar-refractivity contribution in [1.82, 2.24) is 9.78 Å². The van der Waals surface area contributed by atoms with Crippen molar-refractivity contribution >= 4 is 5.69 Å². The van der Waals surface area contributed by atoms with Gasteiger partial charge in [0.15, 0.2) is 0 Å². The number of aliphatic hydroxyl groups is 1. The Morgan fingerprint density at radius 3 is 2.68 bits per heavy atom. The lowest BCUT2D eigenvalue weighted by Gasteiger charge is -2.15. The largest absolute Gasteiger partial charge is 0.386 e. The zero-order chi connectivity index (χ0) is 18.6. The number of nitro benzene ring substituents is 1. The topological polar surface area (TPSA) is 122 Å². The van der Waals surface area contributed by atoms with Crippen LogP contribution in [0.25, 0.3) is 0 Å². The molecule has 0 radical (unpaired) electrons. The van der Waals surface area contributed by atoms with E-state index in [0.29, 0.717) is 29.7 Å². The van der Waals surface area contributed by atoms with E-state index in [4.69, 9.17) is 0 Å². The SMILES string of the molecule is CCc1nn(CC(O)c2cccc([N+](=O)[O-])c2)c(=O)c(C#N)c1CC. The average molecular weight is 342 g/mol. The molecule has 8 heteroatoms. The first-order chi connectivity index (χ1) is 11.9. The molecule has 0 aliphatic rings. The maximum absolute atomic E-state index is 12.4. The normalized spacial score (nSPS) is 11.8. The summed E-state index contributed by atoms with van der Waals surface area (Å²) in [5.74, 6) is 0. The first-order valence-electron chi connectivity index (χ1n) is 7.88. The fourth-order valence-electron chi connectivity index (χ4n) is 2.67. The molecule has 1 N–H and O–H groups in total. The first kappa shape index (κ1) is 18.3. The summed E-state index contributed by atoms with van der Waals surface area (Å²) >= 11 is 0. The molecule has 1 unspecified atom stereocenters. The van der Waals surface area contributed by atoms with Gasteiger partial charge in [-0.1, -0.05) is 26.0 Å². The zero-order valence-corrected chi connectivity index (χ0v) is 14.0. The van der Waals surface area contributed by atoms with Gasteiger partial charge in [0.2, 0.25) is 0 Å². The fourth-order valence-corrected chi connectivity index (χ4v) is 2.67. The molecule has 1 atom stereocenters. The second-order valence-corrected chi connectivity index (χ2v) is 5.47. The average Bonchev–Trinajstić information content (AvgIpc) is 2.62. The van der Waals surface area contributed by atoms with Gasteiger partial charge in [-0.15, -0.1) is 0 Å². The Labute approximate surface area is 144 Å². The summed E-state index contributed by atoms with van der Waals surface area (Å²) in [6, 6.07) is 7.49. The third kappa shape index (κ3) is 3.72. The second kappa shape index (κ2) is 7.68. The van der Waals surface area contributed by atoms with E-state index in [1.54, 1.807) is 0 Å². The number of rotatable bonds is 6. The Balaban J connectivity index is 2.43. The predicted molar refractivity (Wildman–Crippen MR) is 90.0 cm³/mol. The number of nitriles is 1. The van der Waals surface area contributed by atoms with Crippen LogP contribution in [0.1, 0.15) is 42.3 Å². The van der Waals surface area contributed by atoms with Gasteiger partial charge >= 0.3 is 0 Å². The molecule has 1 aromatic heterocycles. The Bertz CT molecular complexity index is 898. The molecule has 0 saturated carbocycles. The molecule has 2 rings (SSSR count). The van der Waals surface area contributed by atoms with Gasteiger partial charge in [0, 0.05) is 12.1 Å². The minimum Gasteiger partial charge on any atom is -0.386 e. The van der Waals surface area contributed by atoms with E-state index in [-0.39, 0.29) is 17.8 Å². The lowest BCUT2D eigenvalue weighted by Crippen LogP contribution is -2.30. The number of hydrogen-bond acceptors (Lipinski definition) is 6. The molecular formula is C17H18N4O4. The fraction of sp³-hybridized carbons (Fsp3) is 0.353. The molecule has 0 bridgehead atoms. The summed E-state index contributed by atoms with van der Waals surface area (Å²) < 4.78 is 1.06. The van der Waals surface area contributed by atoms with E-state index < -0.39 is 16.6 Å². The molecule has 0 amide bonds. The summed E-state index contributed by atoms with van der Waals surface area (Å²) in [5, 5.41) is 34.7. The lowest BCUT2D eigenvalue weighted by atomic mass is 10.0. The summed E-state index contributed by atoms with van der Waals surface area (Å²) in [5.41, 5.74) is 0.867. The standard InChI is InChI=1S/C17H18N4O4/c1-3-13-14(9-18)17(23)20(19-15(13)4-2)10-16(22)11-6-5-7-12(8-11)21(24)25/h5-8,16,22H,3-4,10H2,1-2H3. The van der Waals surface area contributed by atoms with Crippen LogP contribution in [0.2, 0.25) is 0 Å². The molecule has 0 aliphatic carbocycles. The molecule has 0 fully saturated rings. The third-order valence-electron chi connectivity index (χ3n) is 3.95. The van der Waals surface area contributed by atoms with Crippen LogP contribution in [0.5, 0.6) is 0 Å². The van der Waals surface area contributed by atoms with Crippen molar-refractivity contribution in [3.8, 4) is 6.07 Å². The van der Waals surface area contributed by atoms with Crippen molar-refractivity contribution in [2.24, 2.45) is 0 Å². The molecule has 0 saturated heterocycles. The highest BCUT2D eigenvalue weighted by Crippen LogP contribution is 2.20. The van der Waals surface area contributed by atoms with E-state index in [0.717, 1.165) is 4.68 Å².